The monoisotopic (exact) mass is 613 g/mol. The first-order valence-corrected chi connectivity index (χ1v) is 16.1. The molecular weight excluding hydrogens is 578 g/mol. The number of ether oxygens (including phenoxy) is 1. The molecule has 1 unspecified atom stereocenters. The van der Waals surface area contributed by atoms with Crippen molar-refractivity contribution in [2.45, 2.75) is 54.4 Å². The first kappa shape index (κ1) is 28.8. The van der Waals surface area contributed by atoms with E-state index in [-0.39, 0.29) is 30.3 Å². The van der Waals surface area contributed by atoms with Crippen molar-refractivity contribution in [1.82, 2.24) is 24.8 Å². The number of cyclic esters (lactones) is 1. The Balaban J connectivity index is 1.31. The van der Waals surface area contributed by atoms with E-state index in [1.165, 1.54) is 11.8 Å². The van der Waals surface area contributed by atoms with Crippen molar-refractivity contribution in [3.05, 3.63) is 84.5 Å². The first-order valence-electron chi connectivity index (χ1n) is 15.2. The number of carbonyl (C=O) groups is 3. The summed E-state index contributed by atoms with van der Waals surface area (Å²) in [5, 5.41) is 19.0. The summed E-state index contributed by atoms with van der Waals surface area (Å²) >= 11 is 1.51. The van der Waals surface area contributed by atoms with Gasteiger partial charge >= 0.3 is 5.97 Å². The van der Waals surface area contributed by atoms with Crippen LogP contribution in [0.2, 0.25) is 0 Å². The minimum absolute atomic E-state index is 0.144. The number of aliphatic hydroxyl groups excluding tert-OH is 1. The summed E-state index contributed by atoms with van der Waals surface area (Å²) in [5.74, 6) is -2.49. The Hall–Kier alpha value is -3.96. The van der Waals surface area contributed by atoms with Gasteiger partial charge in [0.15, 0.2) is 0 Å². The van der Waals surface area contributed by atoms with Gasteiger partial charge in [-0.25, -0.2) is 4.68 Å². The zero-order valence-corrected chi connectivity index (χ0v) is 25.1. The molecule has 10 nitrogen and oxygen atoms in total. The number of nitrogens with zero attached hydrogens (tertiary/aromatic N) is 5. The maximum atomic E-state index is 14.8. The number of carbonyl (C=O) groups excluding carboxylic acids is 3. The molecule has 1 aromatic heterocycles. The molecule has 4 aliphatic rings. The highest BCUT2D eigenvalue weighted by molar-refractivity contribution is 8.02. The molecule has 1 spiro atoms. The molecule has 4 aliphatic heterocycles. The molecule has 6 atom stereocenters. The molecule has 5 heterocycles. The molecule has 1 N–H and O–H groups in total. The lowest BCUT2D eigenvalue weighted by Gasteiger charge is -2.38. The summed E-state index contributed by atoms with van der Waals surface area (Å²) in [6.07, 6.45) is 10.9. The number of benzene rings is 2. The van der Waals surface area contributed by atoms with Gasteiger partial charge in [-0.1, -0.05) is 72.0 Å². The standard InChI is InChI=1S/C33H35N5O5S/c39-20-23(19-22-11-4-3-5-12-22)38-29-31(41)36(21-37-25-14-8-7-13-24(25)34-35-37)17-10-16-33(29)28(30(38)40)27-26(44-33)15-6-1-2-9-18-43-32(27)42/h3-8,10-16,23,26-29,39H,1-2,9,17-21H2/b15-6-/t23-,26-,27+,28+,29?,33+/m1/s1. The van der Waals surface area contributed by atoms with Crippen LogP contribution in [0.1, 0.15) is 24.8 Å². The molecule has 0 bridgehead atoms. The maximum Gasteiger partial charge on any atom is 0.311 e. The second-order valence-electron chi connectivity index (χ2n) is 11.9. The van der Waals surface area contributed by atoms with Gasteiger partial charge in [0.05, 0.1) is 41.4 Å². The Kier molecular flexibility index (Phi) is 7.75. The predicted molar refractivity (Wildman–Crippen MR) is 165 cm³/mol. The van der Waals surface area contributed by atoms with E-state index in [2.05, 4.69) is 16.4 Å². The molecule has 2 fully saturated rings. The van der Waals surface area contributed by atoms with E-state index < -0.39 is 34.6 Å². The van der Waals surface area contributed by atoms with Crippen LogP contribution in [0.25, 0.3) is 11.0 Å². The van der Waals surface area contributed by atoms with E-state index in [9.17, 15) is 19.5 Å². The summed E-state index contributed by atoms with van der Waals surface area (Å²) < 4.78 is 6.41. The van der Waals surface area contributed by atoms with Gasteiger partial charge in [0.2, 0.25) is 11.8 Å². The fraction of sp³-hybridized carbons (Fsp3) is 0.424. The highest BCUT2D eigenvalue weighted by atomic mass is 32.2. The largest absolute Gasteiger partial charge is 0.465 e. The van der Waals surface area contributed by atoms with Crippen LogP contribution in [-0.2, 0) is 32.2 Å². The van der Waals surface area contributed by atoms with Gasteiger partial charge in [0.1, 0.15) is 18.2 Å². The molecule has 2 amide bonds. The van der Waals surface area contributed by atoms with E-state index in [1.807, 2.05) is 72.8 Å². The Morgan fingerprint density at radius 3 is 2.68 bits per heavy atom. The number of allylic oxidation sites excluding steroid dienone is 1. The quantitative estimate of drug-likeness (QED) is 0.333. The fourth-order valence-electron chi connectivity index (χ4n) is 7.24. The summed E-state index contributed by atoms with van der Waals surface area (Å²) in [7, 11) is 0. The van der Waals surface area contributed by atoms with E-state index in [4.69, 9.17) is 4.74 Å². The molecule has 44 heavy (non-hydrogen) atoms. The molecule has 2 saturated heterocycles. The molecule has 0 radical (unpaired) electrons. The number of aliphatic hydroxyl groups is 1. The Labute approximate surface area is 259 Å². The molecule has 228 valence electrons. The minimum atomic E-state index is -1.01. The number of hydrogen-bond donors (Lipinski definition) is 1. The maximum absolute atomic E-state index is 14.8. The number of thioether (sulfide) groups is 1. The molecular formula is C33H35N5O5S. The van der Waals surface area contributed by atoms with E-state index in [1.54, 1.807) is 14.5 Å². The lowest BCUT2D eigenvalue weighted by molar-refractivity contribution is -0.153. The third-order valence-electron chi connectivity index (χ3n) is 9.27. The summed E-state index contributed by atoms with van der Waals surface area (Å²) in [6, 6.07) is 15.6. The number of fused-ring (bicyclic) bond motifs is 3. The van der Waals surface area contributed by atoms with Crippen molar-refractivity contribution in [1.29, 1.82) is 0 Å². The van der Waals surface area contributed by atoms with Crippen LogP contribution in [0.5, 0.6) is 0 Å². The van der Waals surface area contributed by atoms with Crippen molar-refractivity contribution in [3.8, 4) is 0 Å². The third-order valence-corrected chi connectivity index (χ3v) is 11.0. The normalized spacial score (nSPS) is 30.0. The highest BCUT2D eigenvalue weighted by Gasteiger charge is 2.71. The van der Waals surface area contributed by atoms with Gasteiger partial charge < -0.3 is 19.6 Å². The third kappa shape index (κ3) is 4.82. The van der Waals surface area contributed by atoms with Crippen LogP contribution in [0.3, 0.4) is 0 Å². The average Bonchev–Trinajstić information content (AvgIpc) is 3.64. The first-order chi connectivity index (χ1) is 21.5. The molecule has 7 rings (SSSR count). The van der Waals surface area contributed by atoms with E-state index in [0.29, 0.717) is 19.6 Å². The zero-order chi connectivity index (χ0) is 30.3. The van der Waals surface area contributed by atoms with Gasteiger partial charge in [-0.15, -0.1) is 16.9 Å². The summed E-state index contributed by atoms with van der Waals surface area (Å²) in [6.45, 7) is 0.431. The number of hydrogen-bond acceptors (Lipinski definition) is 8. The number of likely N-dealkylation sites (tertiary alicyclic amines) is 1. The Morgan fingerprint density at radius 2 is 1.84 bits per heavy atom. The van der Waals surface area contributed by atoms with Crippen molar-refractivity contribution in [2.24, 2.45) is 11.8 Å². The van der Waals surface area contributed by atoms with E-state index in [0.717, 1.165) is 35.9 Å². The lowest BCUT2D eigenvalue weighted by atomic mass is 9.78. The van der Waals surface area contributed by atoms with Gasteiger partial charge in [-0.3, -0.25) is 14.4 Å². The van der Waals surface area contributed by atoms with Crippen molar-refractivity contribution < 1.29 is 24.2 Å². The number of rotatable bonds is 6. The van der Waals surface area contributed by atoms with Crippen LogP contribution in [0, 0.1) is 11.8 Å². The van der Waals surface area contributed by atoms with Crippen LogP contribution in [0.15, 0.2) is 78.9 Å². The average molecular weight is 614 g/mol. The smallest absolute Gasteiger partial charge is 0.311 e. The van der Waals surface area contributed by atoms with Gasteiger partial charge in [0.25, 0.3) is 0 Å². The molecule has 3 aromatic rings. The van der Waals surface area contributed by atoms with Crippen molar-refractivity contribution in [2.75, 3.05) is 19.8 Å². The number of aromatic nitrogens is 3. The number of para-hydroxylation sites is 1. The number of amides is 2. The topological polar surface area (TPSA) is 118 Å². The Morgan fingerprint density at radius 1 is 1.02 bits per heavy atom. The highest BCUT2D eigenvalue weighted by Crippen LogP contribution is 2.61. The second kappa shape index (κ2) is 11.9. The molecule has 0 saturated carbocycles. The molecule has 11 heteroatoms. The SMILES string of the molecule is O=C1OCCCC/C=C\[C@H]2S[C@]34C=CCN(Cn5nnc6ccccc65)C(=O)C3N([C@@H](CO)Cc3ccccc3)C(=O)[C@@H]4[C@@H]12. The van der Waals surface area contributed by atoms with Crippen molar-refractivity contribution >= 4 is 40.6 Å². The Bertz CT molecular complexity index is 1620. The predicted octanol–water partition coefficient (Wildman–Crippen LogP) is 2.97. The van der Waals surface area contributed by atoms with Crippen LogP contribution in [-0.4, -0.2) is 89.5 Å². The zero-order valence-electron chi connectivity index (χ0n) is 24.3. The number of esters is 1. The second-order valence-corrected chi connectivity index (χ2v) is 13.4. The van der Waals surface area contributed by atoms with Crippen LogP contribution < -0.4 is 0 Å². The van der Waals surface area contributed by atoms with Crippen LogP contribution in [0.4, 0.5) is 0 Å². The minimum Gasteiger partial charge on any atom is -0.465 e. The van der Waals surface area contributed by atoms with E-state index >= 15 is 0 Å². The van der Waals surface area contributed by atoms with Gasteiger partial charge in [-0.2, -0.15) is 0 Å². The summed E-state index contributed by atoms with van der Waals surface area (Å²) in [4.78, 5) is 46.4. The van der Waals surface area contributed by atoms with Gasteiger partial charge in [0, 0.05) is 11.8 Å². The van der Waals surface area contributed by atoms with Crippen molar-refractivity contribution in [3.63, 3.8) is 0 Å². The fourth-order valence-corrected chi connectivity index (χ4v) is 9.23. The summed E-state index contributed by atoms with van der Waals surface area (Å²) in [5.41, 5.74) is 2.47. The van der Waals surface area contributed by atoms with Gasteiger partial charge in [-0.05, 0) is 43.4 Å². The molecule has 0 aliphatic carbocycles. The molecule has 2 aromatic carbocycles. The van der Waals surface area contributed by atoms with Crippen LogP contribution >= 0.6 is 11.8 Å². The lowest BCUT2D eigenvalue weighted by Crippen LogP contribution is -2.57.